The van der Waals surface area contributed by atoms with Crippen LogP contribution in [0.4, 0.5) is 57.8 Å². The maximum atomic E-state index is 14.8. The molecule has 138 heavy (non-hydrogen) atoms. The molecule has 47 heteroatoms. The zero-order valence-corrected chi connectivity index (χ0v) is 79.2. The molecule has 2 saturated heterocycles. The minimum absolute atomic E-state index is 0.000300. The minimum Gasteiger partial charge on any atom is -0.448 e. The van der Waals surface area contributed by atoms with Crippen LogP contribution in [0, 0.1) is 35.3 Å². The molecule has 38 nitrogen and oxygen atoms in total. The van der Waals surface area contributed by atoms with Crippen LogP contribution in [0.5, 0.6) is 0 Å². The summed E-state index contributed by atoms with van der Waals surface area (Å²) in [4.78, 5) is 109. The lowest BCUT2D eigenvalue weighted by Crippen LogP contribution is -2.38. The summed E-state index contributed by atoms with van der Waals surface area (Å²) in [5.74, 6) is -6.58. The van der Waals surface area contributed by atoms with E-state index in [9.17, 15) is 55.1 Å². The highest BCUT2D eigenvalue weighted by Crippen LogP contribution is 2.40. The predicted octanol–water partition coefficient (Wildman–Crippen LogP) is 14.4. The molecule has 5 aliphatic rings. The van der Waals surface area contributed by atoms with Crippen molar-refractivity contribution in [2.45, 2.75) is 154 Å². The first-order valence-corrected chi connectivity index (χ1v) is 48.6. The number of hydrogen-bond donors (Lipinski definition) is 5. The van der Waals surface area contributed by atoms with Gasteiger partial charge in [-0.2, -0.15) is 57.8 Å². The third-order valence-electron chi connectivity index (χ3n) is 23.6. The molecule has 0 bridgehead atoms. The van der Waals surface area contributed by atoms with E-state index in [1.54, 1.807) is 61.2 Å². The van der Waals surface area contributed by atoms with Gasteiger partial charge in [-0.3, -0.25) is 38.2 Å². The van der Waals surface area contributed by atoms with Gasteiger partial charge in [0.15, 0.2) is 17.5 Å². The van der Waals surface area contributed by atoms with Crippen molar-refractivity contribution in [2.24, 2.45) is 0 Å². The Bertz CT molecular complexity index is 5850. The number of morpholine rings is 2. The number of nitrogens with one attached hydrogen (secondary N) is 5. The number of carbonyl (C=O) groups excluding carboxylic acids is 6. The van der Waals surface area contributed by atoms with E-state index in [-0.39, 0.29) is 123 Å². The van der Waals surface area contributed by atoms with Crippen LogP contribution >= 0.6 is 34.0 Å². The fourth-order valence-corrected chi connectivity index (χ4v) is 18.9. The molecule has 3 aliphatic carbocycles. The summed E-state index contributed by atoms with van der Waals surface area (Å²) in [5, 5.41) is 46.2. The predicted molar refractivity (Wildman–Crippen MR) is 500 cm³/mol. The van der Waals surface area contributed by atoms with E-state index in [0.29, 0.717) is 84.3 Å². The van der Waals surface area contributed by atoms with Crippen LogP contribution in [0.25, 0.3) is 65.9 Å². The maximum absolute atomic E-state index is 14.8. The van der Waals surface area contributed by atoms with Gasteiger partial charge in [-0.1, -0.05) is 0 Å². The Morgan fingerprint density at radius 3 is 1.10 bits per heavy atom. The van der Waals surface area contributed by atoms with Gasteiger partial charge >= 0.3 is 18.2 Å². The SMILES string of the molecule is CCOC1CCC(n2cc(NC(=O)c3csc(-c4cnn(C(=O)NCCCN(C)C)c4)n3)c(-c3nc(F)ccc3F)n2)CC1.CCOC1CCC(n2cc(NC(=O)c3csc(-c4cnn(C(=O)NCCCN5CCOCC5)c4)n3)c(-c3nc(F)ccc3F)n2)CC1.CCOC1CCC(n2cc(NC(=O)c3csc(-c4cnn(C(=O)OCCCN5CCOCC5)c4)n3)c(-c3nc(F)ccc3F)n2)CC1. The maximum Gasteiger partial charge on any atom is 0.434 e. The Balaban J connectivity index is 0.000000157. The molecular formula is C91H108F6N26O12S3. The summed E-state index contributed by atoms with van der Waals surface area (Å²) < 4.78 is 129. The Morgan fingerprint density at radius 2 is 0.754 bits per heavy atom. The highest BCUT2D eigenvalue weighted by molar-refractivity contribution is 7.14. The van der Waals surface area contributed by atoms with Gasteiger partial charge in [0.2, 0.25) is 17.8 Å². The number of carbonyl (C=O) groups is 6. The van der Waals surface area contributed by atoms with Gasteiger partial charge in [0.25, 0.3) is 17.7 Å². The van der Waals surface area contributed by atoms with Crippen LogP contribution in [-0.2, 0) is 28.4 Å². The van der Waals surface area contributed by atoms with Gasteiger partial charge in [0.05, 0.1) is 105 Å². The molecule has 5 N–H and O–H groups in total. The molecule has 5 amide bonds. The number of thiazole rings is 3. The van der Waals surface area contributed by atoms with E-state index in [4.69, 9.17) is 28.4 Å². The first kappa shape index (κ1) is 100. The second-order valence-electron chi connectivity index (χ2n) is 33.5. The van der Waals surface area contributed by atoms with E-state index in [1.807, 2.05) is 39.8 Å². The molecule has 0 spiro atoms. The van der Waals surface area contributed by atoms with E-state index >= 15 is 0 Å². The molecule has 734 valence electrons. The van der Waals surface area contributed by atoms with Gasteiger partial charge < -0.3 is 59.9 Å². The lowest BCUT2D eigenvalue weighted by atomic mass is 9.93. The summed E-state index contributed by atoms with van der Waals surface area (Å²) in [7, 11) is 3.93. The molecule has 3 saturated carbocycles. The zero-order valence-electron chi connectivity index (χ0n) is 76.8. The second-order valence-corrected chi connectivity index (χ2v) is 36.1. The lowest BCUT2D eigenvalue weighted by Gasteiger charge is -2.28. The fraction of sp³-hybridized carbons (Fsp3) is 0.473. The van der Waals surface area contributed by atoms with E-state index in [0.717, 1.165) is 190 Å². The van der Waals surface area contributed by atoms with Crippen molar-refractivity contribution in [3.63, 3.8) is 0 Å². The number of anilines is 3. The molecule has 2 aliphatic heterocycles. The number of pyridine rings is 3. The third kappa shape index (κ3) is 26.6. The number of amides is 5. The van der Waals surface area contributed by atoms with Crippen molar-refractivity contribution in [1.82, 2.24) is 114 Å². The summed E-state index contributed by atoms with van der Waals surface area (Å²) in [5.41, 5.74) is 1.68. The topological polar surface area (TPSA) is 412 Å². The standard InChI is InChI=1S/C31H37F2N9O4S.C31H36F2N8O5S.C29H35F2N9O3S/c1-2-46-22-6-4-21(5-7-22)41-18-24(28(39-41)27-23(32)8-9-26(33)38-27)36-29(43)25-19-47-30(37-25)20-16-35-42(17-20)31(44)34-10-3-11-40-12-14-45-15-13-40;1-2-45-22-6-4-21(5-7-22)40-18-24(28(38-40)27-23(32)8-9-26(33)37-27)35-29(42)25-19-47-30(36-25)20-16-34-41(17-20)31(43)46-13-3-10-39-11-14-44-15-12-39;1-4-43-20-8-6-19(7-9-20)39-16-22(26(37-39)25-21(30)10-11-24(31)36-25)34-27(41)23-17-44-28(35-23)18-14-33-40(15-18)29(42)32-12-5-13-38(2)3/h8-9,16-19,21-22H,2-7,10-15H2,1H3,(H,34,44)(H,36,43);8-9,16-19,21-22H,2-7,10-15H2,1H3,(H,35,42);10-11,14-17,19-20H,4-9,12-13H2,1-3H3,(H,32,42)(H,34,41). The first-order chi connectivity index (χ1) is 67.0. The highest BCUT2D eigenvalue weighted by Gasteiger charge is 2.33. The molecule has 5 fully saturated rings. The number of rotatable bonds is 33. The lowest BCUT2D eigenvalue weighted by molar-refractivity contribution is 0.0258. The first-order valence-electron chi connectivity index (χ1n) is 46.0. The zero-order chi connectivity index (χ0) is 96.7. The van der Waals surface area contributed by atoms with Crippen LogP contribution in [0.2, 0.25) is 0 Å². The monoisotopic (exact) mass is 1970 g/mol. The number of nitrogens with zero attached hydrogens (tertiary/aromatic N) is 21. The number of halogens is 6. The van der Waals surface area contributed by atoms with Crippen molar-refractivity contribution < 1.29 is 83.5 Å². The third-order valence-corrected chi connectivity index (χ3v) is 26.3. The Kier molecular flexibility index (Phi) is 35.1. The van der Waals surface area contributed by atoms with Crippen LogP contribution in [0.3, 0.4) is 0 Å². The van der Waals surface area contributed by atoms with Crippen LogP contribution in [0.1, 0.15) is 167 Å². The summed E-state index contributed by atoms with van der Waals surface area (Å²) >= 11 is 3.62. The van der Waals surface area contributed by atoms with Gasteiger partial charge in [-0.25, -0.2) is 57.5 Å². The largest absolute Gasteiger partial charge is 0.448 e. The molecule has 0 radical (unpaired) electrons. The molecule has 17 rings (SSSR count). The average Bonchev–Trinajstić information content (AvgIpc) is 1.65. The highest BCUT2D eigenvalue weighted by atomic mass is 32.1. The summed E-state index contributed by atoms with van der Waals surface area (Å²) in [6.07, 6.45) is 25.9. The van der Waals surface area contributed by atoms with E-state index in [2.05, 4.69) is 96.9 Å². The quantitative estimate of drug-likeness (QED) is 0.0145. The number of hydrogen-bond acceptors (Lipinski definition) is 30. The summed E-state index contributed by atoms with van der Waals surface area (Å²) in [6.45, 7) is 18.1. The fourth-order valence-electron chi connectivity index (χ4n) is 16.6. The normalized spacial score (nSPS) is 18.1. The second kappa shape index (κ2) is 48.3. The van der Waals surface area contributed by atoms with Gasteiger partial charge in [-0.15, -0.1) is 34.0 Å². The molecular weight excluding hydrogens is 1860 g/mol. The van der Waals surface area contributed by atoms with Crippen molar-refractivity contribution >= 4 is 86.9 Å². The minimum atomic E-state index is -0.869. The molecule has 14 heterocycles. The molecule has 12 aromatic rings. The molecule has 0 atom stereocenters. The van der Waals surface area contributed by atoms with Crippen molar-refractivity contribution in [3.05, 3.63) is 161 Å². The van der Waals surface area contributed by atoms with Crippen molar-refractivity contribution in [2.75, 3.05) is 142 Å². The van der Waals surface area contributed by atoms with E-state index in [1.165, 1.54) is 68.2 Å². The summed E-state index contributed by atoms with van der Waals surface area (Å²) in [6, 6.07) is 4.98. The van der Waals surface area contributed by atoms with E-state index < -0.39 is 59.1 Å². The van der Waals surface area contributed by atoms with Gasteiger partial charge in [0, 0.05) is 136 Å². The Morgan fingerprint density at radius 1 is 0.420 bits per heavy atom. The van der Waals surface area contributed by atoms with Crippen LogP contribution in [-0.4, -0.2) is 283 Å². The Labute approximate surface area is 801 Å². The smallest absolute Gasteiger partial charge is 0.434 e. The van der Waals surface area contributed by atoms with Crippen molar-refractivity contribution in [3.8, 4) is 65.9 Å². The average molecular weight is 1970 g/mol. The molecule has 12 aromatic heterocycles. The van der Waals surface area contributed by atoms with Gasteiger partial charge in [0.1, 0.15) is 66.3 Å². The number of aromatic nitrogens is 18. The molecule has 0 unspecified atom stereocenters. The Hall–Kier alpha value is -12.3. The number of ether oxygens (including phenoxy) is 6. The van der Waals surface area contributed by atoms with Crippen molar-refractivity contribution in [1.29, 1.82) is 0 Å². The molecule has 0 aromatic carbocycles. The van der Waals surface area contributed by atoms with Gasteiger partial charge in [-0.05, 0) is 181 Å². The van der Waals surface area contributed by atoms with Crippen LogP contribution in [0.15, 0.2) is 108 Å². The van der Waals surface area contributed by atoms with Crippen LogP contribution < -0.4 is 26.6 Å².